The van der Waals surface area contributed by atoms with E-state index >= 15 is 0 Å². The molecule has 0 N–H and O–H groups in total. The highest BCUT2D eigenvalue weighted by molar-refractivity contribution is 5.76. The lowest BCUT2D eigenvalue weighted by atomic mass is 10.1. The van der Waals surface area contributed by atoms with E-state index in [1.165, 1.54) is 13.2 Å². The SMILES string of the molecule is CCCCC(=O)N1CCN(Cc2ccc(OC)c(F)c2)CC1. The van der Waals surface area contributed by atoms with Crippen LogP contribution >= 0.6 is 0 Å². The van der Waals surface area contributed by atoms with Gasteiger partial charge in [-0.1, -0.05) is 19.4 Å². The van der Waals surface area contributed by atoms with Crippen molar-refractivity contribution < 1.29 is 13.9 Å². The second-order valence-electron chi connectivity index (χ2n) is 5.73. The number of hydrogen-bond acceptors (Lipinski definition) is 3. The number of benzene rings is 1. The summed E-state index contributed by atoms with van der Waals surface area (Å²) in [5.41, 5.74) is 0.934. The number of nitrogens with zero attached hydrogens (tertiary/aromatic N) is 2. The van der Waals surface area contributed by atoms with Gasteiger partial charge in [0.05, 0.1) is 7.11 Å². The summed E-state index contributed by atoms with van der Waals surface area (Å²) in [6, 6.07) is 5.08. The van der Waals surface area contributed by atoms with E-state index in [1.54, 1.807) is 6.07 Å². The molecular weight excluding hydrogens is 283 g/mol. The van der Waals surface area contributed by atoms with Crippen molar-refractivity contribution in [1.82, 2.24) is 9.80 Å². The van der Waals surface area contributed by atoms with Gasteiger partial charge in [-0.15, -0.1) is 0 Å². The van der Waals surface area contributed by atoms with E-state index in [9.17, 15) is 9.18 Å². The minimum atomic E-state index is -0.326. The molecule has 122 valence electrons. The predicted octanol–water partition coefficient (Wildman–Crippen LogP) is 2.67. The maximum atomic E-state index is 13.7. The summed E-state index contributed by atoms with van der Waals surface area (Å²) in [5.74, 6) is 0.209. The molecule has 1 aliphatic heterocycles. The molecule has 0 unspecified atom stereocenters. The quantitative estimate of drug-likeness (QED) is 0.810. The van der Waals surface area contributed by atoms with Crippen molar-refractivity contribution in [2.24, 2.45) is 0 Å². The highest BCUT2D eigenvalue weighted by Gasteiger charge is 2.20. The predicted molar refractivity (Wildman–Crippen MR) is 84.3 cm³/mol. The number of ether oxygens (including phenoxy) is 1. The molecule has 2 rings (SSSR count). The van der Waals surface area contributed by atoms with Crippen LogP contribution in [0.15, 0.2) is 18.2 Å². The van der Waals surface area contributed by atoms with Gasteiger partial charge in [-0.3, -0.25) is 9.69 Å². The number of rotatable bonds is 6. The van der Waals surface area contributed by atoms with E-state index in [0.717, 1.165) is 44.6 Å². The molecule has 0 aliphatic carbocycles. The van der Waals surface area contributed by atoms with Gasteiger partial charge in [0.2, 0.25) is 5.91 Å². The van der Waals surface area contributed by atoms with Crippen molar-refractivity contribution in [2.45, 2.75) is 32.7 Å². The summed E-state index contributed by atoms with van der Waals surface area (Å²) < 4.78 is 18.6. The molecule has 5 heteroatoms. The number of unbranched alkanes of at least 4 members (excludes halogenated alkanes) is 1. The summed E-state index contributed by atoms with van der Waals surface area (Å²) in [7, 11) is 1.47. The van der Waals surface area contributed by atoms with Crippen LogP contribution in [-0.2, 0) is 11.3 Å². The monoisotopic (exact) mass is 308 g/mol. The number of carbonyl (C=O) groups excluding carboxylic acids is 1. The smallest absolute Gasteiger partial charge is 0.222 e. The summed E-state index contributed by atoms with van der Waals surface area (Å²) >= 11 is 0. The number of hydrogen-bond donors (Lipinski definition) is 0. The third kappa shape index (κ3) is 4.44. The molecule has 1 amide bonds. The van der Waals surface area contributed by atoms with Gasteiger partial charge in [-0.05, 0) is 24.1 Å². The maximum Gasteiger partial charge on any atom is 0.222 e. The van der Waals surface area contributed by atoms with Crippen LogP contribution < -0.4 is 4.74 Å². The maximum absolute atomic E-state index is 13.7. The van der Waals surface area contributed by atoms with Gasteiger partial charge in [0.25, 0.3) is 0 Å². The van der Waals surface area contributed by atoms with Crippen molar-refractivity contribution >= 4 is 5.91 Å². The zero-order valence-electron chi connectivity index (χ0n) is 13.5. The topological polar surface area (TPSA) is 32.8 Å². The Morgan fingerprint density at radius 3 is 2.59 bits per heavy atom. The number of amides is 1. The lowest BCUT2D eigenvalue weighted by Crippen LogP contribution is -2.48. The minimum absolute atomic E-state index is 0.261. The Kier molecular flexibility index (Phi) is 6.19. The number of halogens is 1. The first kappa shape index (κ1) is 16.7. The zero-order valence-corrected chi connectivity index (χ0v) is 13.5. The molecule has 0 aromatic heterocycles. The molecule has 1 aromatic carbocycles. The largest absolute Gasteiger partial charge is 0.494 e. The van der Waals surface area contributed by atoms with Gasteiger partial charge < -0.3 is 9.64 Å². The average Bonchev–Trinajstić information content (AvgIpc) is 2.53. The lowest BCUT2D eigenvalue weighted by molar-refractivity contribution is -0.133. The normalized spacial score (nSPS) is 15.9. The summed E-state index contributed by atoms with van der Waals surface area (Å²) in [5, 5.41) is 0. The van der Waals surface area contributed by atoms with Crippen LogP contribution in [0.2, 0.25) is 0 Å². The zero-order chi connectivity index (χ0) is 15.9. The molecule has 1 aromatic rings. The van der Waals surface area contributed by atoms with Crippen LogP contribution in [0.25, 0.3) is 0 Å². The van der Waals surface area contributed by atoms with E-state index in [-0.39, 0.29) is 17.5 Å². The molecule has 0 atom stereocenters. The van der Waals surface area contributed by atoms with Crippen LogP contribution in [0.1, 0.15) is 31.7 Å². The molecule has 0 radical (unpaired) electrons. The van der Waals surface area contributed by atoms with Gasteiger partial charge in [0.15, 0.2) is 11.6 Å². The average molecular weight is 308 g/mol. The molecule has 1 heterocycles. The Morgan fingerprint density at radius 2 is 2.00 bits per heavy atom. The van der Waals surface area contributed by atoms with Crippen molar-refractivity contribution in [1.29, 1.82) is 0 Å². The Labute approximate surface area is 131 Å². The molecule has 0 spiro atoms. The Bertz CT molecular complexity index is 499. The van der Waals surface area contributed by atoms with Gasteiger partial charge >= 0.3 is 0 Å². The van der Waals surface area contributed by atoms with Gasteiger partial charge in [0.1, 0.15) is 0 Å². The molecule has 1 aliphatic rings. The third-order valence-corrected chi connectivity index (χ3v) is 4.09. The molecule has 4 nitrogen and oxygen atoms in total. The molecule has 1 saturated heterocycles. The minimum Gasteiger partial charge on any atom is -0.494 e. The van der Waals surface area contributed by atoms with Crippen LogP contribution in [0.4, 0.5) is 4.39 Å². The van der Waals surface area contributed by atoms with E-state index in [2.05, 4.69) is 11.8 Å². The first-order chi connectivity index (χ1) is 10.6. The molecule has 22 heavy (non-hydrogen) atoms. The van der Waals surface area contributed by atoms with Gasteiger partial charge in [-0.2, -0.15) is 0 Å². The second-order valence-corrected chi connectivity index (χ2v) is 5.73. The van der Waals surface area contributed by atoms with Crippen LogP contribution in [-0.4, -0.2) is 49.0 Å². The Hall–Kier alpha value is -1.62. The second kappa shape index (κ2) is 8.13. The highest BCUT2D eigenvalue weighted by Crippen LogP contribution is 2.19. The van der Waals surface area contributed by atoms with Crippen molar-refractivity contribution in [2.75, 3.05) is 33.3 Å². The first-order valence-corrected chi connectivity index (χ1v) is 7.96. The fraction of sp³-hybridized carbons (Fsp3) is 0.588. The van der Waals surface area contributed by atoms with Crippen molar-refractivity contribution in [3.05, 3.63) is 29.6 Å². The molecular formula is C17H25FN2O2. The first-order valence-electron chi connectivity index (χ1n) is 7.96. The summed E-state index contributed by atoms with van der Waals surface area (Å²) in [6.07, 6.45) is 2.67. The van der Waals surface area contributed by atoms with Crippen LogP contribution in [0.5, 0.6) is 5.75 Å². The van der Waals surface area contributed by atoms with Crippen molar-refractivity contribution in [3.8, 4) is 5.75 Å². The summed E-state index contributed by atoms with van der Waals surface area (Å²) in [6.45, 7) is 6.01. The molecule has 0 bridgehead atoms. The lowest BCUT2D eigenvalue weighted by Gasteiger charge is -2.34. The van der Waals surface area contributed by atoms with Crippen LogP contribution in [0.3, 0.4) is 0 Å². The Balaban J connectivity index is 1.82. The number of piperazine rings is 1. The highest BCUT2D eigenvalue weighted by atomic mass is 19.1. The fourth-order valence-electron chi connectivity index (χ4n) is 2.71. The Morgan fingerprint density at radius 1 is 1.27 bits per heavy atom. The number of carbonyl (C=O) groups is 1. The van der Waals surface area contributed by atoms with E-state index in [4.69, 9.17) is 4.74 Å². The van der Waals surface area contributed by atoms with Gasteiger partial charge in [0, 0.05) is 39.1 Å². The summed E-state index contributed by atoms with van der Waals surface area (Å²) in [4.78, 5) is 16.2. The van der Waals surface area contributed by atoms with E-state index < -0.39 is 0 Å². The third-order valence-electron chi connectivity index (χ3n) is 4.09. The molecule has 0 saturated carbocycles. The molecule has 1 fully saturated rings. The fourth-order valence-corrected chi connectivity index (χ4v) is 2.71. The van der Waals surface area contributed by atoms with Crippen LogP contribution in [0, 0.1) is 5.82 Å². The van der Waals surface area contributed by atoms with E-state index in [0.29, 0.717) is 13.0 Å². The number of methoxy groups -OCH3 is 1. The van der Waals surface area contributed by atoms with E-state index in [1.807, 2.05) is 11.0 Å². The standard InChI is InChI=1S/C17H25FN2O2/c1-3-4-5-17(21)20-10-8-19(9-11-20)13-14-6-7-16(22-2)15(18)12-14/h6-7,12H,3-5,8-11,13H2,1-2H3. The van der Waals surface area contributed by atoms with Gasteiger partial charge in [-0.25, -0.2) is 4.39 Å². The van der Waals surface area contributed by atoms with Crippen molar-refractivity contribution in [3.63, 3.8) is 0 Å².